The van der Waals surface area contributed by atoms with Crippen LogP contribution in [-0.4, -0.2) is 17.7 Å². The van der Waals surface area contributed by atoms with E-state index in [0.717, 1.165) is 16.7 Å². The maximum atomic E-state index is 11.7. The SMILES string of the molecule is CC1(C)C(COC(c2ccccc2)(c2ccccc2)c2ccccc2)C1C(=O)O. The molecule has 1 aliphatic carbocycles. The Labute approximate surface area is 172 Å². The van der Waals surface area contributed by atoms with Crippen molar-refractivity contribution in [3.05, 3.63) is 108 Å². The molecule has 3 aromatic rings. The molecule has 1 saturated carbocycles. The number of carboxylic acid groups (broad SMARTS) is 1. The number of hydrogen-bond acceptors (Lipinski definition) is 2. The van der Waals surface area contributed by atoms with Gasteiger partial charge in [0, 0.05) is 5.92 Å². The van der Waals surface area contributed by atoms with E-state index in [0.29, 0.717) is 6.61 Å². The fourth-order valence-electron chi connectivity index (χ4n) is 4.53. The van der Waals surface area contributed by atoms with Crippen molar-refractivity contribution in [3.63, 3.8) is 0 Å². The quantitative estimate of drug-likeness (QED) is 0.557. The van der Waals surface area contributed by atoms with Gasteiger partial charge in [0.15, 0.2) is 0 Å². The van der Waals surface area contributed by atoms with Crippen molar-refractivity contribution in [2.24, 2.45) is 17.3 Å². The van der Waals surface area contributed by atoms with E-state index in [1.807, 2.05) is 68.4 Å². The maximum absolute atomic E-state index is 11.7. The Kier molecular flexibility index (Phi) is 5.01. The van der Waals surface area contributed by atoms with Gasteiger partial charge in [-0.25, -0.2) is 0 Å². The van der Waals surface area contributed by atoms with Gasteiger partial charge in [-0.2, -0.15) is 0 Å². The molecule has 4 rings (SSSR count). The molecule has 2 atom stereocenters. The smallest absolute Gasteiger partial charge is 0.307 e. The van der Waals surface area contributed by atoms with E-state index < -0.39 is 11.6 Å². The second-order valence-electron chi connectivity index (χ2n) is 8.33. The molecule has 1 fully saturated rings. The van der Waals surface area contributed by atoms with Crippen molar-refractivity contribution in [1.29, 1.82) is 0 Å². The Morgan fingerprint density at radius 2 is 1.21 bits per heavy atom. The first-order valence-electron chi connectivity index (χ1n) is 10.0. The zero-order chi connectivity index (χ0) is 20.5. The van der Waals surface area contributed by atoms with Crippen LogP contribution in [0.4, 0.5) is 0 Å². The molecule has 0 spiro atoms. The minimum Gasteiger partial charge on any atom is -0.481 e. The van der Waals surface area contributed by atoms with Crippen LogP contribution < -0.4 is 0 Å². The number of benzene rings is 3. The Hall–Kier alpha value is -2.91. The Balaban J connectivity index is 1.82. The average molecular weight is 386 g/mol. The van der Waals surface area contributed by atoms with Crippen molar-refractivity contribution >= 4 is 5.97 Å². The van der Waals surface area contributed by atoms with Gasteiger partial charge < -0.3 is 9.84 Å². The number of ether oxygens (including phenoxy) is 1. The molecule has 0 heterocycles. The van der Waals surface area contributed by atoms with Gasteiger partial charge in [0.2, 0.25) is 0 Å². The van der Waals surface area contributed by atoms with E-state index in [1.54, 1.807) is 0 Å². The first kappa shape index (κ1) is 19.4. The molecule has 3 nitrogen and oxygen atoms in total. The molecule has 0 saturated heterocycles. The maximum Gasteiger partial charge on any atom is 0.307 e. The van der Waals surface area contributed by atoms with Crippen LogP contribution in [0.3, 0.4) is 0 Å². The second-order valence-corrected chi connectivity index (χ2v) is 8.33. The fraction of sp³-hybridized carbons (Fsp3) is 0.269. The molecule has 1 aliphatic rings. The number of rotatable bonds is 7. The lowest BCUT2D eigenvalue weighted by Crippen LogP contribution is -2.34. The zero-order valence-electron chi connectivity index (χ0n) is 16.8. The van der Waals surface area contributed by atoms with Crippen LogP contribution in [-0.2, 0) is 15.1 Å². The van der Waals surface area contributed by atoms with Crippen LogP contribution >= 0.6 is 0 Å². The molecule has 29 heavy (non-hydrogen) atoms. The predicted molar refractivity (Wildman–Crippen MR) is 114 cm³/mol. The van der Waals surface area contributed by atoms with E-state index in [4.69, 9.17) is 4.74 Å². The van der Waals surface area contributed by atoms with Gasteiger partial charge in [-0.3, -0.25) is 4.79 Å². The highest BCUT2D eigenvalue weighted by atomic mass is 16.5. The van der Waals surface area contributed by atoms with Crippen LogP contribution in [0.1, 0.15) is 30.5 Å². The van der Waals surface area contributed by atoms with Crippen LogP contribution in [0.25, 0.3) is 0 Å². The van der Waals surface area contributed by atoms with Gasteiger partial charge in [0.05, 0.1) is 12.5 Å². The van der Waals surface area contributed by atoms with Gasteiger partial charge in [-0.1, -0.05) is 105 Å². The summed E-state index contributed by atoms with van der Waals surface area (Å²) in [6.07, 6.45) is 0. The highest BCUT2D eigenvalue weighted by Crippen LogP contribution is 2.59. The fourth-order valence-corrected chi connectivity index (χ4v) is 4.53. The highest BCUT2D eigenvalue weighted by Gasteiger charge is 2.62. The summed E-state index contributed by atoms with van der Waals surface area (Å²) in [7, 11) is 0. The van der Waals surface area contributed by atoms with Gasteiger partial charge in [-0.15, -0.1) is 0 Å². The van der Waals surface area contributed by atoms with Crippen LogP contribution in [0.2, 0.25) is 0 Å². The van der Waals surface area contributed by atoms with E-state index in [2.05, 4.69) is 36.4 Å². The zero-order valence-corrected chi connectivity index (χ0v) is 16.8. The summed E-state index contributed by atoms with van der Waals surface area (Å²) in [5.41, 5.74) is 2.03. The van der Waals surface area contributed by atoms with Crippen LogP contribution in [0.5, 0.6) is 0 Å². The van der Waals surface area contributed by atoms with Crippen molar-refractivity contribution in [2.75, 3.05) is 6.61 Å². The third-order valence-electron chi connectivity index (χ3n) is 6.34. The molecular formula is C26H26O3. The van der Waals surface area contributed by atoms with Crippen molar-refractivity contribution < 1.29 is 14.6 Å². The summed E-state index contributed by atoms with van der Waals surface area (Å²) in [6, 6.07) is 30.5. The lowest BCUT2D eigenvalue weighted by Gasteiger charge is -2.36. The summed E-state index contributed by atoms with van der Waals surface area (Å²) in [5, 5.41) is 9.58. The molecule has 0 aliphatic heterocycles. The van der Waals surface area contributed by atoms with Crippen LogP contribution in [0, 0.1) is 17.3 Å². The standard InChI is InChI=1S/C26H26O3/c1-25(2)22(23(25)24(27)28)18-29-26(19-12-6-3-7-13-19,20-14-8-4-9-15-20)21-16-10-5-11-17-21/h3-17,22-23H,18H2,1-2H3,(H,27,28). The molecule has 2 unspecified atom stereocenters. The Morgan fingerprint density at radius 1 is 0.828 bits per heavy atom. The first-order chi connectivity index (χ1) is 14.0. The number of carbonyl (C=O) groups is 1. The van der Waals surface area contributed by atoms with Crippen LogP contribution in [0.15, 0.2) is 91.0 Å². The first-order valence-corrected chi connectivity index (χ1v) is 10.0. The normalized spacial score (nSPS) is 20.2. The minimum absolute atomic E-state index is 0.0180. The topological polar surface area (TPSA) is 46.5 Å². The summed E-state index contributed by atoms with van der Waals surface area (Å²) >= 11 is 0. The predicted octanol–water partition coefficient (Wildman–Crippen LogP) is 5.35. The van der Waals surface area contributed by atoms with Crippen molar-refractivity contribution in [1.82, 2.24) is 0 Å². The Bertz CT molecular complexity index is 868. The van der Waals surface area contributed by atoms with Gasteiger partial charge in [0.25, 0.3) is 0 Å². The van der Waals surface area contributed by atoms with Crippen molar-refractivity contribution in [2.45, 2.75) is 19.4 Å². The summed E-state index contributed by atoms with van der Waals surface area (Å²) in [4.78, 5) is 11.7. The molecule has 148 valence electrons. The molecule has 3 aromatic carbocycles. The number of carboxylic acids is 1. The largest absolute Gasteiger partial charge is 0.481 e. The third kappa shape index (κ3) is 3.36. The van der Waals surface area contributed by atoms with Gasteiger partial charge in [0.1, 0.15) is 5.60 Å². The average Bonchev–Trinajstić information content (AvgIpc) is 3.32. The van der Waals surface area contributed by atoms with Crippen molar-refractivity contribution in [3.8, 4) is 0 Å². The molecular weight excluding hydrogens is 360 g/mol. The third-order valence-corrected chi connectivity index (χ3v) is 6.34. The van der Waals surface area contributed by atoms with E-state index >= 15 is 0 Å². The summed E-state index contributed by atoms with van der Waals surface area (Å²) < 4.78 is 6.76. The highest BCUT2D eigenvalue weighted by molar-refractivity contribution is 5.75. The van der Waals surface area contributed by atoms with Gasteiger partial charge in [-0.05, 0) is 22.1 Å². The lowest BCUT2D eigenvalue weighted by molar-refractivity contribution is -0.139. The number of aliphatic carboxylic acids is 1. The Morgan fingerprint density at radius 3 is 1.52 bits per heavy atom. The lowest BCUT2D eigenvalue weighted by atomic mass is 9.80. The molecule has 1 N–H and O–H groups in total. The van der Waals surface area contributed by atoms with E-state index in [1.165, 1.54) is 0 Å². The molecule has 0 radical (unpaired) electrons. The molecule has 0 aromatic heterocycles. The molecule has 0 amide bonds. The summed E-state index contributed by atoms with van der Waals surface area (Å²) in [5.74, 6) is -1.13. The minimum atomic E-state index is -0.800. The number of hydrogen-bond donors (Lipinski definition) is 1. The summed E-state index contributed by atoms with van der Waals surface area (Å²) in [6.45, 7) is 4.40. The molecule has 3 heteroatoms. The molecule has 0 bridgehead atoms. The monoisotopic (exact) mass is 386 g/mol. The second kappa shape index (κ2) is 7.49. The van der Waals surface area contributed by atoms with E-state index in [-0.39, 0.29) is 17.3 Å². The van der Waals surface area contributed by atoms with Gasteiger partial charge >= 0.3 is 5.97 Å². The van der Waals surface area contributed by atoms with E-state index in [9.17, 15) is 9.90 Å².